The van der Waals surface area contributed by atoms with Gasteiger partial charge in [0.2, 0.25) is 17.8 Å². The van der Waals surface area contributed by atoms with Gasteiger partial charge in [-0.25, -0.2) is 4.98 Å². The largest absolute Gasteiger partial charge is 0.369 e. The summed E-state index contributed by atoms with van der Waals surface area (Å²) in [5.74, 6) is 0.428. The fourth-order valence-corrected chi connectivity index (χ4v) is 3.02. The molecule has 1 amide bonds. The molecule has 2 aromatic carbocycles. The predicted molar refractivity (Wildman–Crippen MR) is 113 cm³/mol. The van der Waals surface area contributed by atoms with Crippen LogP contribution in [-0.4, -0.2) is 25.4 Å². The van der Waals surface area contributed by atoms with E-state index in [-0.39, 0.29) is 22.9 Å². The van der Waals surface area contributed by atoms with Crippen LogP contribution in [0.15, 0.2) is 53.3 Å². The molecule has 0 saturated carbocycles. The third-order valence-electron chi connectivity index (χ3n) is 4.43. The van der Waals surface area contributed by atoms with Crippen molar-refractivity contribution >= 4 is 40.3 Å². The fraction of sp³-hybridized carbons (Fsp3) is 0.100. The van der Waals surface area contributed by atoms with Crippen molar-refractivity contribution in [3.8, 4) is 11.1 Å². The molecule has 0 aliphatic heterocycles. The first-order chi connectivity index (χ1) is 13.9. The predicted octanol–water partition coefficient (Wildman–Crippen LogP) is 2.61. The molecule has 0 fully saturated rings. The fourth-order valence-electron chi connectivity index (χ4n) is 3.02. The quantitative estimate of drug-likeness (QED) is 0.424. The van der Waals surface area contributed by atoms with E-state index in [1.165, 1.54) is 6.92 Å². The summed E-state index contributed by atoms with van der Waals surface area (Å²) in [6, 6.07) is 15.4. The molecule has 4 rings (SSSR count). The maximum Gasteiger partial charge on any atom is 0.280 e. The van der Waals surface area contributed by atoms with E-state index < -0.39 is 0 Å². The van der Waals surface area contributed by atoms with Crippen molar-refractivity contribution < 1.29 is 4.79 Å². The first-order valence-corrected chi connectivity index (χ1v) is 8.88. The van der Waals surface area contributed by atoms with Gasteiger partial charge in [-0.2, -0.15) is 4.98 Å². The summed E-state index contributed by atoms with van der Waals surface area (Å²) in [6.45, 7) is 1.48. The molecule has 0 aliphatic carbocycles. The number of aromatic nitrogens is 4. The number of imidazole rings is 1. The lowest BCUT2D eigenvalue weighted by Gasteiger charge is -2.08. The van der Waals surface area contributed by atoms with Crippen molar-refractivity contribution in [3.05, 3.63) is 58.9 Å². The lowest BCUT2D eigenvalue weighted by atomic mass is 10.1. The summed E-state index contributed by atoms with van der Waals surface area (Å²) in [7, 11) is 1.76. The van der Waals surface area contributed by atoms with Gasteiger partial charge in [0.25, 0.3) is 5.56 Å². The van der Waals surface area contributed by atoms with Crippen LogP contribution in [0.3, 0.4) is 0 Å². The topological polar surface area (TPSA) is 131 Å². The molecule has 0 bridgehead atoms. The molecule has 5 N–H and O–H groups in total. The van der Waals surface area contributed by atoms with Crippen LogP contribution in [0.2, 0.25) is 0 Å². The molecular weight excluding hydrogens is 370 g/mol. The van der Waals surface area contributed by atoms with E-state index in [2.05, 4.69) is 25.6 Å². The normalized spacial score (nSPS) is 10.8. The third kappa shape index (κ3) is 3.65. The number of carbonyl (C=O) groups excluding carboxylic acids is 1. The van der Waals surface area contributed by atoms with Gasteiger partial charge in [0.15, 0.2) is 11.2 Å². The molecular formula is C20H19N7O2. The summed E-state index contributed by atoms with van der Waals surface area (Å²) in [4.78, 5) is 34.0. The molecule has 0 aliphatic rings. The van der Waals surface area contributed by atoms with E-state index in [1.54, 1.807) is 11.6 Å². The number of hydrogen-bond acceptors (Lipinski definition) is 6. The van der Waals surface area contributed by atoms with Crippen molar-refractivity contribution in [3.63, 3.8) is 0 Å². The Bertz CT molecular complexity index is 1260. The monoisotopic (exact) mass is 389 g/mol. The molecule has 2 aromatic heterocycles. The molecule has 9 nitrogen and oxygen atoms in total. The SMILES string of the molecule is CC(=O)Nc1ccc(-c2ccc(Nc3nc4c(=O)[nH]c(N)nc4n3C)cc2)cc1. The van der Waals surface area contributed by atoms with Crippen molar-refractivity contribution in [1.29, 1.82) is 0 Å². The van der Waals surface area contributed by atoms with Crippen LogP contribution in [0.4, 0.5) is 23.3 Å². The van der Waals surface area contributed by atoms with Crippen LogP contribution < -0.4 is 21.9 Å². The number of H-pyrrole nitrogens is 1. The number of benzene rings is 2. The van der Waals surface area contributed by atoms with E-state index in [4.69, 9.17) is 5.73 Å². The van der Waals surface area contributed by atoms with Crippen LogP contribution in [0.25, 0.3) is 22.3 Å². The molecule has 146 valence electrons. The number of carbonyl (C=O) groups is 1. The minimum Gasteiger partial charge on any atom is -0.369 e. The zero-order valence-electron chi connectivity index (χ0n) is 15.9. The number of nitrogens with zero attached hydrogens (tertiary/aromatic N) is 3. The van der Waals surface area contributed by atoms with Gasteiger partial charge in [-0.15, -0.1) is 0 Å². The third-order valence-corrected chi connectivity index (χ3v) is 4.43. The highest BCUT2D eigenvalue weighted by atomic mass is 16.1. The Morgan fingerprint density at radius 3 is 2.17 bits per heavy atom. The Hall–Kier alpha value is -4.14. The number of fused-ring (bicyclic) bond motifs is 1. The number of rotatable bonds is 4. The summed E-state index contributed by atoms with van der Waals surface area (Å²) in [5, 5.41) is 5.94. The second-order valence-corrected chi connectivity index (χ2v) is 6.58. The first kappa shape index (κ1) is 18.2. The van der Waals surface area contributed by atoms with Gasteiger partial charge in [-0.05, 0) is 35.4 Å². The Labute approximate surface area is 165 Å². The highest BCUT2D eigenvalue weighted by Crippen LogP contribution is 2.25. The average molecular weight is 389 g/mol. The highest BCUT2D eigenvalue weighted by molar-refractivity contribution is 5.89. The van der Waals surface area contributed by atoms with Crippen LogP contribution >= 0.6 is 0 Å². The van der Waals surface area contributed by atoms with Crippen LogP contribution in [0.1, 0.15) is 6.92 Å². The lowest BCUT2D eigenvalue weighted by molar-refractivity contribution is -0.114. The number of amides is 1. The Balaban J connectivity index is 1.56. The number of hydrogen-bond donors (Lipinski definition) is 4. The Kier molecular flexibility index (Phi) is 4.47. The van der Waals surface area contributed by atoms with Gasteiger partial charge >= 0.3 is 0 Å². The maximum absolute atomic E-state index is 12.0. The van der Waals surface area contributed by atoms with Crippen LogP contribution in [0.5, 0.6) is 0 Å². The number of nitrogens with two attached hydrogens (primary N) is 1. The summed E-state index contributed by atoms with van der Waals surface area (Å²) in [5.41, 5.74) is 9.48. The number of nitrogen functional groups attached to an aromatic ring is 1. The summed E-state index contributed by atoms with van der Waals surface area (Å²) >= 11 is 0. The number of aromatic amines is 1. The van der Waals surface area contributed by atoms with E-state index in [9.17, 15) is 9.59 Å². The van der Waals surface area contributed by atoms with Gasteiger partial charge in [0.05, 0.1) is 0 Å². The maximum atomic E-state index is 12.0. The average Bonchev–Trinajstić information content (AvgIpc) is 2.99. The molecule has 0 unspecified atom stereocenters. The molecule has 9 heteroatoms. The minimum absolute atomic E-state index is 0.0472. The zero-order valence-corrected chi connectivity index (χ0v) is 15.9. The molecule has 2 heterocycles. The summed E-state index contributed by atoms with van der Waals surface area (Å²) < 4.78 is 1.68. The molecule has 0 saturated heterocycles. The van der Waals surface area contributed by atoms with Gasteiger partial charge in [0.1, 0.15) is 0 Å². The highest BCUT2D eigenvalue weighted by Gasteiger charge is 2.13. The van der Waals surface area contributed by atoms with Crippen molar-refractivity contribution in [2.75, 3.05) is 16.4 Å². The van der Waals surface area contributed by atoms with Crippen LogP contribution in [0, 0.1) is 0 Å². The second-order valence-electron chi connectivity index (χ2n) is 6.58. The second kappa shape index (κ2) is 7.12. The van der Waals surface area contributed by atoms with Crippen LogP contribution in [-0.2, 0) is 11.8 Å². The van der Waals surface area contributed by atoms with Crippen molar-refractivity contribution in [1.82, 2.24) is 19.5 Å². The molecule has 0 radical (unpaired) electrons. The Morgan fingerprint density at radius 2 is 1.59 bits per heavy atom. The van der Waals surface area contributed by atoms with E-state index in [0.29, 0.717) is 11.6 Å². The minimum atomic E-state index is -0.380. The van der Waals surface area contributed by atoms with Crippen molar-refractivity contribution in [2.45, 2.75) is 6.92 Å². The lowest BCUT2D eigenvalue weighted by Crippen LogP contribution is -2.11. The number of aryl methyl sites for hydroxylation is 1. The number of nitrogens with one attached hydrogen (secondary N) is 3. The van der Waals surface area contributed by atoms with E-state index in [1.807, 2.05) is 48.5 Å². The van der Waals surface area contributed by atoms with E-state index >= 15 is 0 Å². The molecule has 0 atom stereocenters. The number of anilines is 4. The van der Waals surface area contributed by atoms with Crippen molar-refractivity contribution in [2.24, 2.45) is 7.05 Å². The molecule has 4 aromatic rings. The van der Waals surface area contributed by atoms with Gasteiger partial charge < -0.3 is 16.4 Å². The Morgan fingerprint density at radius 1 is 1.00 bits per heavy atom. The summed E-state index contributed by atoms with van der Waals surface area (Å²) in [6.07, 6.45) is 0. The van der Waals surface area contributed by atoms with Gasteiger partial charge in [0, 0.05) is 25.3 Å². The van der Waals surface area contributed by atoms with Gasteiger partial charge in [-0.3, -0.25) is 19.1 Å². The smallest absolute Gasteiger partial charge is 0.280 e. The van der Waals surface area contributed by atoms with E-state index in [0.717, 1.165) is 22.5 Å². The standard InChI is InChI=1S/C20H19N7O2/c1-11(28)22-14-7-3-12(4-8-14)13-5-9-15(10-6-13)23-20-24-16-17(27(20)2)25-19(21)26-18(16)29/h3-10H,1-2H3,(H,22,28)(H,23,24)(H3,21,25,26,29). The first-order valence-electron chi connectivity index (χ1n) is 8.88. The molecule has 29 heavy (non-hydrogen) atoms. The molecule has 0 spiro atoms. The zero-order chi connectivity index (χ0) is 20.5. The van der Waals surface area contributed by atoms with Gasteiger partial charge in [-0.1, -0.05) is 24.3 Å².